The van der Waals surface area contributed by atoms with Crippen LogP contribution in [-0.4, -0.2) is 4.98 Å². The molecule has 0 spiro atoms. The summed E-state index contributed by atoms with van der Waals surface area (Å²) in [6.45, 7) is 1.95. The first-order valence-corrected chi connectivity index (χ1v) is 4.96. The van der Waals surface area contributed by atoms with Gasteiger partial charge in [0.05, 0.1) is 10.0 Å². The van der Waals surface area contributed by atoms with Crippen molar-refractivity contribution in [3.8, 4) is 0 Å². The third-order valence-electron chi connectivity index (χ3n) is 1.78. The second kappa shape index (κ2) is 5.99. The summed E-state index contributed by atoms with van der Waals surface area (Å²) in [5, 5.41) is 1.05. The van der Waals surface area contributed by atoms with Gasteiger partial charge in [-0.2, -0.15) is 0 Å². The largest absolute Gasteiger partial charge is 0.324 e. The average Bonchev–Trinajstić information content (AvgIpc) is 2.12. The van der Waals surface area contributed by atoms with Crippen LogP contribution < -0.4 is 5.73 Å². The minimum atomic E-state index is -0.194. The van der Waals surface area contributed by atoms with Crippen LogP contribution in [0.15, 0.2) is 6.20 Å². The molecule has 14 heavy (non-hydrogen) atoms. The van der Waals surface area contributed by atoms with E-state index in [1.165, 1.54) is 6.20 Å². The smallest absolute Gasteiger partial charge is 0.148 e. The summed E-state index contributed by atoms with van der Waals surface area (Å²) >= 11 is 17.5. The van der Waals surface area contributed by atoms with Gasteiger partial charge in [-0.15, -0.1) is 12.4 Å². The second-order valence-electron chi connectivity index (χ2n) is 2.64. The van der Waals surface area contributed by atoms with Gasteiger partial charge >= 0.3 is 0 Å². The summed E-state index contributed by atoms with van der Waals surface area (Å²) < 4.78 is 0. The van der Waals surface area contributed by atoms with E-state index in [4.69, 9.17) is 40.5 Å². The maximum atomic E-state index is 5.91. The molecule has 1 aromatic heterocycles. The molecule has 2 nitrogen and oxygen atoms in total. The van der Waals surface area contributed by atoms with Crippen LogP contribution >= 0.6 is 47.2 Å². The van der Waals surface area contributed by atoms with Crippen LogP contribution in [0.1, 0.15) is 24.9 Å². The zero-order chi connectivity index (χ0) is 10.0. The molecule has 0 aliphatic heterocycles. The Balaban J connectivity index is 0.00000169. The molecular weight excluding hydrogens is 266 g/mol. The van der Waals surface area contributed by atoms with Gasteiger partial charge in [0.15, 0.2) is 0 Å². The fourth-order valence-electron chi connectivity index (χ4n) is 1.000. The highest BCUT2D eigenvalue weighted by molar-refractivity contribution is 6.43. The first kappa shape index (κ1) is 14.3. The molecule has 0 aliphatic rings. The highest BCUT2D eigenvalue weighted by Gasteiger charge is 2.15. The summed E-state index contributed by atoms with van der Waals surface area (Å²) in [7, 11) is 0. The van der Waals surface area contributed by atoms with E-state index in [0.29, 0.717) is 15.6 Å². The first-order chi connectivity index (χ1) is 6.07. The SMILES string of the molecule is CC[C@@H](N)c1c(Cl)cnc(Cl)c1Cl.Cl. The average molecular weight is 276 g/mol. The lowest BCUT2D eigenvalue weighted by Gasteiger charge is -2.13. The molecule has 6 heteroatoms. The summed E-state index contributed by atoms with van der Waals surface area (Å²) in [5.74, 6) is 0. The number of nitrogens with zero attached hydrogens (tertiary/aromatic N) is 1. The van der Waals surface area contributed by atoms with E-state index in [2.05, 4.69) is 4.98 Å². The molecule has 0 saturated heterocycles. The van der Waals surface area contributed by atoms with Crippen molar-refractivity contribution in [1.82, 2.24) is 4.98 Å². The normalized spacial score (nSPS) is 12.1. The molecular formula is C8H10Cl4N2. The second-order valence-corrected chi connectivity index (χ2v) is 3.78. The molecule has 0 fully saturated rings. The van der Waals surface area contributed by atoms with Crippen molar-refractivity contribution < 1.29 is 0 Å². The molecule has 0 radical (unpaired) electrons. The highest BCUT2D eigenvalue weighted by atomic mass is 35.5. The minimum Gasteiger partial charge on any atom is -0.324 e. The zero-order valence-corrected chi connectivity index (χ0v) is 10.5. The van der Waals surface area contributed by atoms with Gasteiger partial charge in [0.2, 0.25) is 0 Å². The van der Waals surface area contributed by atoms with Crippen molar-refractivity contribution in [3.05, 3.63) is 27.0 Å². The van der Waals surface area contributed by atoms with Gasteiger partial charge in [-0.05, 0) is 6.42 Å². The molecule has 80 valence electrons. The minimum absolute atomic E-state index is 0. The Morgan fingerprint density at radius 2 is 2.00 bits per heavy atom. The lowest BCUT2D eigenvalue weighted by atomic mass is 10.1. The molecule has 1 heterocycles. The maximum Gasteiger partial charge on any atom is 0.148 e. The number of nitrogens with two attached hydrogens (primary N) is 1. The van der Waals surface area contributed by atoms with Crippen LogP contribution in [0.4, 0.5) is 0 Å². The molecule has 1 atom stereocenters. The van der Waals surface area contributed by atoms with Gasteiger partial charge in [-0.25, -0.2) is 4.98 Å². The third-order valence-corrected chi connectivity index (χ3v) is 2.84. The van der Waals surface area contributed by atoms with Crippen LogP contribution in [0, 0.1) is 0 Å². The summed E-state index contributed by atoms with van der Waals surface area (Å²) in [6.07, 6.45) is 2.21. The summed E-state index contributed by atoms with van der Waals surface area (Å²) in [5.41, 5.74) is 6.48. The summed E-state index contributed by atoms with van der Waals surface area (Å²) in [6, 6.07) is -0.194. The zero-order valence-electron chi connectivity index (χ0n) is 7.43. The van der Waals surface area contributed by atoms with Crippen molar-refractivity contribution in [1.29, 1.82) is 0 Å². The summed E-state index contributed by atoms with van der Waals surface area (Å²) in [4.78, 5) is 3.80. The fraction of sp³-hybridized carbons (Fsp3) is 0.375. The van der Waals surface area contributed by atoms with Crippen molar-refractivity contribution >= 4 is 47.2 Å². The lowest BCUT2D eigenvalue weighted by molar-refractivity contribution is 0.698. The molecule has 0 aliphatic carbocycles. The van der Waals surface area contributed by atoms with Gasteiger partial charge in [0, 0.05) is 17.8 Å². The first-order valence-electron chi connectivity index (χ1n) is 3.82. The van der Waals surface area contributed by atoms with Crippen molar-refractivity contribution in [3.63, 3.8) is 0 Å². The number of hydrogen-bond acceptors (Lipinski definition) is 2. The Bertz CT molecular complexity index is 316. The fourth-order valence-corrected chi connectivity index (χ4v) is 1.77. The lowest BCUT2D eigenvalue weighted by Crippen LogP contribution is -2.10. The van der Waals surface area contributed by atoms with E-state index < -0.39 is 0 Å². The van der Waals surface area contributed by atoms with E-state index in [9.17, 15) is 0 Å². The quantitative estimate of drug-likeness (QED) is 0.832. The van der Waals surface area contributed by atoms with Crippen molar-refractivity contribution in [2.75, 3.05) is 0 Å². The van der Waals surface area contributed by atoms with Crippen LogP contribution in [0.5, 0.6) is 0 Å². The van der Waals surface area contributed by atoms with E-state index >= 15 is 0 Å². The molecule has 0 saturated carbocycles. The Hall–Kier alpha value is 0.270. The number of pyridine rings is 1. The predicted molar refractivity (Wildman–Crippen MR) is 63.7 cm³/mol. The van der Waals surface area contributed by atoms with Gasteiger partial charge in [0.25, 0.3) is 0 Å². The molecule has 1 rings (SSSR count). The Labute approximate surface area is 104 Å². The predicted octanol–water partition coefficient (Wildman–Crippen LogP) is 3.87. The molecule has 0 unspecified atom stereocenters. The van der Waals surface area contributed by atoms with Crippen LogP contribution in [0.3, 0.4) is 0 Å². The Morgan fingerprint density at radius 1 is 1.43 bits per heavy atom. The van der Waals surface area contributed by atoms with Crippen molar-refractivity contribution in [2.24, 2.45) is 5.73 Å². The van der Waals surface area contributed by atoms with E-state index in [-0.39, 0.29) is 23.6 Å². The monoisotopic (exact) mass is 274 g/mol. The van der Waals surface area contributed by atoms with Crippen molar-refractivity contribution in [2.45, 2.75) is 19.4 Å². The number of aromatic nitrogens is 1. The van der Waals surface area contributed by atoms with Crippen LogP contribution in [0.25, 0.3) is 0 Å². The van der Waals surface area contributed by atoms with E-state index in [1.807, 2.05) is 6.92 Å². The van der Waals surface area contributed by atoms with Crippen LogP contribution in [0.2, 0.25) is 15.2 Å². The number of halogens is 4. The highest BCUT2D eigenvalue weighted by Crippen LogP contribution is 2.33. The Morgan fingerprint density at radius 3 is 2.50 bits per heavy atom. The maximum absolute atomic E-state index is 5.91. The number of rotatable bonds is 2. The van der Waals surface area contributed by atoms with Gasteiger partial charge in [-0.3, -0.25) is 0 Å². The molecule has 1 aromatic rings. The Kier molecular flexibility index (Phi) is 6.10. The number of hydrogen-bond donors (Lipinski definition) is 1. The van der Waals surface area contributed by atoms with Gasteiger partial charge < -0.3 is 5.73 Å². The van der Waals surface area contributed by atoms with Crippen LogP contribution in [-0.2, 0) is 0 Å². The van der Waals surface area contributed by atoms with Gasteiger partial charge in [-0.1, -0.05) is 41.7 Å². The standard InChI is InChI=1S/C8H9Cl3N2.ClH/c1-2-5(12)6-4(9)3-13-8(11)7(6)10;/h3,5H,2,12H2,1H3;1H/t5-;/m1./s1. The van der Waals surface area contributed by atoms with Gasteiger partial charge in [0.1, 0.15) is 5.15 Å². The molecule has 0 bridgehead atoms. The molecule has 0 aromatic carbocycles. The topological polar surface area (TPSA) is 38.9 Å². The molecule has 2 N–H and O–H groups in total. The third kappa shape index (κ3) is 2.88. The van der Waals surface area contributed by atoms with E-state index in [1.54, 1.807) is 0 Å². The molecule has 0 amide bonds. The van der Waals surface area contributed by atoms with E-state index in [0.717, 1.165) is 6.42 Å².